The molecule has 0 amide bonds. The van der Waals surface area contributed by atoms with Crippen LogP contribution in [-0.4, -0.2) is 11.9 Å². The van der Waals surface area contributed by atoms with Gasteiger partial charge in [-0.1, -0.05) is 39.8 Å². The molecule has 130 valence electrons. The highest BCUT2D eigenvalue weighted by Crippen LogP contribution is 2.29. The SMILES string of the molecule is CCC(CC)C(=O)Oc1ccccc1OC(=O)C(CC)CC.Cl. The maximum atomic E-state index is 12.1. The molecule has 0 saturated heterocycles. The zero-order valence-electron chi connectivity index (χ0n) is 14.3. The third kappa shape index (κ3) is 6.22. The molecule has 0 N–H and O–H groups in total. The fourth-order valence-electron chi connectivity index (χ4n) is 2.25. The molecule has 0 radical (unpaired) electrons. The largest absolute Gasteiger partial charge is 0.422 e. The van der Waals surface area contributed by atoms with Gasteiger partial charge in [0.1, 0.15) is 0 Å². The zero-order valence-corrected chi connectivity index (χ0v) is 15.2. The highest BCUT2D eigenvalue weighted by molar-refractivity contribution is 5.85. The van der Waals surface area contributed by atoms with Gasteiger partial charge in [0.05, 0.1) is 11.8 Å². The Morgan fingerprint density at radius 2 is 1.09 bits per heavy atom. The van der Waals surface area contributed by atoms with Crippen molar-refractivity contribution < 1.29 is 19.1 Å². The lowest BCUT2D eigenvalue weighted by Gasteiger charge is -2.16. The van der Waals surface area contributed by atoms with Crippen LogP contribution in [0.15, 0.2) is 24.3 Å². The van der Waals surface area contributed by atoms with Crippen LogP contribution in [0.1, 0.15) is 53.4 Å². The molecule has 0 aliphatic carbocycles. The van der Waals surface area contributed by atoms with Crippen LogP contribution in [0, 0.1) is 11.8 Å². The number of ether oxygens (including phenoxy) is 2. The number of carbonyl (C=O) groups excluding carboxylic acids is 2. The molecule has 0 fully saturated rings. The summed E-state index contributed by atoms with van der Waals surface area (Å²) >= 11 is 0. The standard InChI is InChI=1S/C18H26O4.ClH/c1-5-13(6-2)17(19)21-15-11-9-10-12-16(15)22-18(20)14(7-3)8-4;/h9-14H,5-8H2,1-4H3;1H. The van der Waals surface area contributed by atoms with Gasteiger partial charge >= 0.3 is 11.9 Å². The summed E-state index contributed by atoms with van der Waals surface area (Å²) in [6.07, 6.45) is 2.91. The molecule has 0 heterocycles. The monoisotopic (exact) mass is 342 g/mol. The molecule has 23 heavy (non-hydrogen) atoms. The van der Waals surface area contributed by atoms with Crippen LogP contribution in [0.3, 0.4) is 0 Å². The lowest BCUT2D eigenvalue weighted by atomic mass is 10.0. The maximum Gasteiger partial charge on any atom is 0.314 e. The van der Waals surface area contributed by atoms with Gasteiger partial charge in [-0.05, 0) is 37.8 Å². The van der Waals surface area contributed by atoms with E-state index >= 15 is 0 Å². The minimum Gasteiger partial charge on any atom is -0.422 e. The summed E-state index contributed by atoms with van der Waals surface area (Å²) in [4.78, 5) is 24.2. The Bertz CT molecular complexity index is 449. The summed E-state index contributed by atoms with van der Waals surface area (Å²) in [6, 6.07) is 6.81. The summed E-state index contributed by atoms with van der Waals surface area (Å²) in [5.41, 5.74) is 0. The minimum absolute atomic E-state index is 0. The second-order valence-electron chi connectivity index (χ2n) is 5.32. The average Bonchev–Trinajstić information content (AvgIpc) is 2.51. The van der Waals surface area contributed by atoms with E-state index in [1.165, 1.54) is 0 Å². The number of halogens is 1. The molecular weight excluding hydrogens is 316 g/mol. The van der Waals surface area contributed by atoms with Crippen molar-refractivity contribution in [3.05, 3.63) is 24.3 Å². The summed E-state index contributed by atoms with van der Waals surface area (Å²) < 4.78 is 10.8. The molecule has 1 aromatic rings. The van der Waals surface area contributed by atoms with Crippen molar-refractivity contribution in [3.8, 4) is 11.5 Å². The van der Waals surface area contributed by atoms with Crippen molar-refractivity contribution in [2.75, 3.05) is 0 Å². The van der Waals surface area contributed by atoms with Crippen LogP contribution in [0.25, 0.3) is 0 Å². The second-order valence-corrected chi connectivity index (χ2v) is 5.32. The molecule has 1 aromatic carbocycles. The Morgan fingerprint density at radius 3 is 1.35 bits per heavy atom. The predicted molar refractivity (Wildman–Crippen MR) is 93.1 cm³/mol. The molecule has 5 heteroatoms. The van der Waals surface area contributed by atoms with Gasteiger partial charge in [-0.15, -0.1) is 12.4 Å². The topological polar surface area (TPSA) is 52.6 Å². The van der Waals surface area contributed by atoms with E-state index in [-0.39, 0.29) is 36.2 Å². The third-order valence-corrected chi connectivity index (χ3v) is 3.91. The van der Waals surface area contributed by atoms with Gasteiger partial charge in [0, 0.05) is 0 Å². The molecule has 0 bridgehead atoms. The lowest BCUT2D eigenvalue weighted by Crippen LogP contribution is -2.22. The molecule has 0 saturated carbocycles. The van der Waals surface area contributed by atoms with Gasteiger partial charge in [0.25, 0.3) is 0 Å². The predicted octanol–water partition coefficient (Wildman–Crippen LogP) is 4.79. The summed E-state index contributed by atoms with van der Waals surface area (Å²) in [6.45, 7) is 7.81. The first kappa shape index (κ1) is 21.4. The summed E-state index contributed by atoms with van der Waals surface area (Å²) in [7, 11) is 0. The smallest absolute Gasteiger partial charge is 0.314 e. The zero-order chi connectivity index (χ0) is 16.5. The van der Waals surface area contributed by atoms with Gasteiger partial charge in [0.15, 0.2) is 11.5 Å². The van der Waals surface area contributed by atoms with E-state index in [4.69, 9.17) is 9.47 Å². The van der Waals surface area contributed by atoms with Gasteiger partial charge in [0.2, 0.25) is 0 Å². The molecule has 0 atom stereocenters. The van der Waals surface area contributed by atoms with Crippen molar-refractivity contribution in [1.82, 2.24) is 0 Å². The van der Waals surface area contributed by atoms with Crippen molar-refractivity contribution in [2.45, 2.75) is 53.4 Å². The second kappa shape index (κ2) is 11.1. The highest BCUT2D eigenvalue weighted by atomic mass is 35.5. The molecule has 0 unspecified atom stereocenters. The quantitative estimate of drug-likeness (QED) is 0.503. The Kier molecular flexibility index (Phi) is 10.3. The van der Waals surface area contributed by atoms with Gasteiger partial charge in [-0.25, -0.2) is 0 Å². The fraction of sp³-hybridized carbons (Fsp3) is 0.556. The van der Waals surface area contributed by atoms with Gasteiger partial charge < -0.3 is 9.47 Å². The lowest BCUT2D eigenvalue weighted by molar-refractivity contribution is -0.142. The van der Waals surface area contributed by atoms with Crippen LogP contribution >= 0.6 is 12.4 Å². The number of para-hydroxylation sites is 2. The van der Waals surface area contributed by atoms with E-state index in [0.717, 1.165) is 25.7 Å². The molecule has 0 spiro atoms. The van der Waals surface area contributed by atoms with Crippen molar-refractivity contribution in [1.29, 1.82) is 0 Å². The van der Waals surface area contributed by atoms with Crippen LogP contribution in [-0.2, 0) is 9.59 Å². The Balaban J connectivity index is 0.00000484. The normalized spacial score (nSPS) is 10.3. The first-order valence-electron chi connectivity index (χ1n) is 8.09. The number of carbonyl (C=O) groups is 2. The summed E-state index contributed by atoms with van der Waals surface area (Å²) in [5, 5.41) is 0. The molecule has 0 aromatic heterocycles. The van der Waals surface area contributed by atoms with Crippen molar-refractivity contribution in [3.63, 3.8) is 0 Å². The molecular formula is C18H27ClO4. The van der Waals surface area contributed by atoms with E-state index < -0.39 is 0 Å². The van der Waals surface area contributed by atoms with E-state index in [2.05, 4.69) is 0 Å². The molecule has 1 rings (SSSR count). The van der Waals surface area contributed by atoms with Crippen LogP contribution in [0.5, 0.6) is 11.5 Å². The molecule has 0 aliphatic heterocycles. The van der Waals surface area contributed by atoms with E-state index in [1.54, 1.807) is 24.3 Å². The van der Waals surface area contributed by atoms with E-state index in [0.29, 0.717) is 11.5 Å². The number of rotatable bonds is 8. The Hall–Kier alpha value is -1.55. The average molecular weight is 343 g/mol. The van der Waals surface area contributed by atoms with Crippen LogP contribution < -0.4 is 9.47 Å². The molecule has 4 nitrogen and oxygen atoms in total. The highest BCUT2D eigenvalue weighted by Gasteiger charge is 2.21. The van der Waals surface area contributed by atoms with Gasteiger partial charge in [-0.2, -0.15) is 0 Å². The number of hydrogen-bond acceptors (Lipinski definition) is 4. The number of benzene rings is 1. The maximum absolute atomic E-state index is 12.1. The minimum atomic E-state index is -0.281. The summed E-state index contributed by atoms with van der Waals surface area (Å²) in [5.74, 6) is -0.227. The Labute approximate surface area is 145 Å². The Morgan fingerprint density at radius 1 is 0.783 bits per heavy atom. The fourth-order valence-corrected chi connectivity index (χ4v) is 2.25. The third-order valence-electron chi connectivity index (χ3n) is 3.91. The van der Waals surface area contributed by atoms with E-state index in [1.807, 2.05) is 27.7 Å². The van der Waals surface area contributed by atoms with Gasteiger partial charge in [-0.3, -0.25) is 9.59 Å². The van der Waals surface area contributed by atoms with Crippen molar-refractivity contribution in [2.24, 2.45) is 11.8 Å². The van der Waals surface area contributed by atoms with Crippen molar-refractivity contribution >= 4 is 24.3 Å². The number of hydrogen-bond donors (Lipinski definition) is 0. The first-order chi connectivity index (χ1) is 10.6. The van der Waals surface area contributed by atoms with Crippen LogP contribution in [0.2, 0.25) is 0 Å². The first-order valence-corrected chi connectivity index (χ1v) is 8.09. The number of esters is 2. The molecule has 0 aliphatic rings. The van der Waals surface area contributed by atoms with Crippen LogP contribution in [0.4, 0.5) is 0 Å². The van der Waals surface area contributed by atoms with E-state index in [9.17, 15) is 9.59 Å².